The number of hydrogen-bond donors (Lipinski definition) is 1. The molecule has 0 spiro atoms. The van der Waals surface area contributed by atoms with E-state index in [0.717, 1.165) is 28.1 Å². The van der Waals surface area contributed by atoms with Crippen molar-refractivity contribution in [2.75, 3.05) is 0 Å². The van der Waals surface area contributed by atoms with E-state index < -0.39 is 0 Å². The number of H-pyrrole nitrogens is 1. The molecule has 4 aromatic rings. The molecule has 0 saturated carbocycles. The molecule has 0 aliphatic heterocycles. The molecule has 3 nitrogen and oxygen atoms in total. The van der Waals surface area contributed by atoms with Gasteiger partial charge in [-0.1, -0.05) is 30.3 Å². The lowest BCUT2D eigenvalue weighted by molar-refractivity contribution is 0.628. The van der Waals surface area contributed by atoms with Gasteiger partial charge in [0.2, 0.25) is 0 Å². The summed E-state index contributed by atoms with van der Waals surface area (Å²) in [6.45, 7) is 0. The van der Waals surface area contributed by atoms with E-state index in [9.17, 15) is 4.39 Å². The van der Waals surface area contributed by atoms with Crippen molar-refractivity contribution >= 4 is 0 Å². The van der Waals surface area contributed by atoms with Gasteiger partial charge in [-0.25, -0.2) is 9.37 Å². The fourth-order valence-corrected chi connectivity index (χ4v) is 2.64. The first-order chi connectivity index (χ1) is 11.8. The Labute approximate surface area is 138 Å². The Morgan fingerprint density at radius 3 is 2.21 bits per heavy atom. The molecule has 0 saturated heterocycles. The molecule has 0 unspecified atom stereocenters. The van der Waals surface area contributed by atoms with Crippen LogP contribution in [-0.4, -0.2) is 15.0 Å². The second kappa shape index (κ2) is 6.08. The zero-order valence-corrected chi connectivity index (χ0v) is 12.8. The number of aromatic nitrogens is 3. The molecule has 2 aromatic heterocycles. The largest absolute Gasteiger partial charge is 0.337 e. The molecule has 0 bridgehead atoms. The summed E-state index contributed by atoms with van der Waals surface area (Å²) in [5.74, 6) is 0.439. The van der Waals surface area contributed by atoms with Crippen LogP contribution < -0.4 is 0 Å². The fraction of sp³-hybridized carbons (Fsp3) is 0. The first kappa shape index (κ1) is 14.3. The predicted molar refractivity (Wildman–Crippen MR) is 92.6 cm³/mol. The van der Waals surface area contributed by atoms with Gasteiger partial charge in [-0.05, 0) is 36.4 Å². The normalized spacial score (nSPS) is 10.7. The van der Waals surface area contributed by atoms with E-state index >= 15 is 0 Å². The lowest BCUT2D eigenvalue weighted by Gasteiger charge is -2.02. The van der Waals surface area contributed by atoms with Gasteiger partial charge in [0, 0.05) is 29.1 Å². The summed E-state index contributed by atoms with van der Waals surface area (Å²) < 4.78 is 13.2. The molecule has 4 rings (SSSR count). The summed E-state index contributed by atoms with van der Waals surface area (Å²) >= 11 is 0. The molecule has 2 heterocycles. The number of pyridine rings is 1. The Morgan fingerprint density at radius 2 is 1.50 bits per heavy atom. The van der Waals surface area contributed by atoms with Crippen LogP contribution in [0.2, 0.25) is 0 Å². The molecule has 116 valence electrons. The van der Waals surface area contributed by atoms with Crippen molar-refractivity contribution < 1.29 is 4.39 Å². The maximum Gasteiger partial charge on any atom is 0.138 e. The number of benzene rings is 2. The van der Waals surface area contributed by atoms with Gasteiger partial charge in [0.25, 0.3) is 0 Å². The first-order valence-corrected chi connectivity index (χ1v) is 7.63. The Hall–Kier alpha value is -3.27. The SMILES string of the molecule is Fc1ccc(-c2nc(-c3cccnc3)c(-c3ccccc3)[nH]2)cc1. The summed E-state index contributed by atoms with van der Waals surface area (Å²) in [6, 6.07) is 20.2. The van der Waals surface area contributed by atoms with Crippen LogP contribution in [0.25, 0.3) is 33.9 Å². The van der Waals surface area contributed by atoms with Crippen LogP contribution in [0, 0.1) is 5.82 Å². The number of imidazole rings is 1. The van der Waals surface area contributed by atoms with Crippen molar-refractivity contribution in [2.45, 2.75) is 0 Å². The first-order valence-electron chi connectivity index (χ1n) is 7.63. The van der Waals surface area contributed by atoms with Crippen LogP contribution >= 0.6 is 0 Å². The van der Waals surface area contributed by atoms with E-state index in [-0.39, 0.29) is 5.82 Å². The van der Waals surface area contributed by atoms with Crippen LogP contribution in [0.1, 0.15) is 0 Å². The minimum atomic E-state index is -0.263. The van der Waals surface area contributed by atoms with Gasteiger partial charge in [-0.15, -0.1) is 0 Å². The topological polar surface area (TPSA) is 41.6 Å². The van der Waals surface area contributed by atoms with Gasteiger partial charge in [-0.3, -0.25) is 4.98 Å². The number of hydrogen-bond acceptors (Lipinski definition) is 2. The molecule has 0 aliphatic carbocycles. The standard InChI is InChI=1S/C20H14FN3/c21-17-10-8-15(9-11-17)20-23-18(14-5-2-1-3-6-14)19(24-20)16-7-4-12-22-13-16/h1-13H,(H,23,24). The summed E-state index contributed by atoms with van der Waals surface area (Å²) in [4.78, 5) is 12.3. The lowest BCUT2D eigenvalue weighted by atomic mass is 10.1. The van der Waals surface area contributed by atoms with Crippen molar-refractivity contribution in [1.82, 2.24) is 15.0 Å². The highest BCUT2D eigenvalue weighted by molar-refractivity contribution is 5.80. The second-order valence-corrected chi connectivity index (χ2v) is 5.42. The number of aromatic amines is 1. The minimum Gasteiger partial charge on any atom is -0.337 e. The third-order valence-electron chi connectivity index (χ3n) is 3.82. The van der Waals surface area contributed by atoms with Crippen molar-refractivity contribution in [3.05, 3.63) is 84.9 Å². The van der Waals surface area contributed by atoms with Gasteiger partial charge in [0.1, 0.15) is 11.6 Å². The van der Waals surface area contributed by atoms with E-state index in [1.807, 2.05) is 42.5 Å². The Morgan fingerprint density at radius 1 is 0.750 bits per heavy atom. The Kier molecular flexibility index (Phi) is 3.63. The lowest BCUT2D eigenvalue weighted by Crippen LogP contribution is -1.84. The maximum atomic E-state index is 13.2. The molecule has 0 atom stereocenters. The summed E-state index contributed by atoms with van der Waals surface area (Å²) in [5.41, 5.74) is 4.55. The maximum absolute atomic E-state index is 13.2. The Bertz CT molecular complexity index is 888. The quantitative estimate of drug-likeness (QED) is 0.581. The Balaban J connectivity index is 1.89. The smallest absolute Gasteiger partial charge is 0.138 e. The predicted octanol–water partition coefficient (Wildman–Crippen LogP) is 4.94. The summed E-state index contributed by atoms with van der Waals surface area (Å²) in [6.07, 6.45) is 3.52. The number of nitrogens with one attached hydrogen (secondary N) is 1. The van der Waals surface area contributed by atoms with E-state index in [0.29, 0.717) is 5.82 Å². The van der Waals surface area contributed by atoms with Gasteiger partial charge < -0.3 is 4.98 Å². The fourth-order valence-electron chi connectivity index (χ4n) is 2.64. The second-order valence-electron chi connectivity index (χ2n) is 5.42. The van der Waals surface area contributed by atoms with Crippen molar-refractivity contribution in [3.8, 4) is 33.9 Å². The van der Waals surface area contributed by atoms with Crippen LogP contribution in [0.15, 0.2) is 79.1 Å². The summed E-state index contributed by atoms with van der Waals surface area (Å²) in [7, 11) is 0. The van der Waals surface area contributed by atoms with Crippen LogP contribution in [0.3, 0.4) is 0 Å². The molecule has 1 N–H and O–H groups in total. The monoisotopic (exact) mass is 315 g/mol. The molecule has 0 amide bonds. The molecule has 0 radical (unpaired) electrons. The highest BCUT2D eigenvalue weighted by Crippen LogP contribution is 2.32. The van der Waals surface area contributed by atoms with Crippen LogP contribution in [0.5, 0.6) is 0 Å². The van der Waals surface area contributed by atoms with Crippen molar-refractivity contribution in [2.24, 2.45) is 0 Å². The van der Waals surface area contributed by atoms with Crippen molar-refractivity contribution in [1.29, 1.82) is 0 Å². The molecule has 0 fully saturated rings. The van der Waals surface area contributed by atoms with Gasteiger partial charge in [-0.2, -0.15) is 0 Å². The zero-order chi connectivity index (χ0) is 16.4. The number of rotatable bonds is 3. The highest BCUT2D eigenvalue weighted by atomic mass is 19.1. The van der Waals surface area contributed by atoms with Crippen LogP contribution in [-0.2, 0) is 0 Å². The minimum absolute atomic E-state index is 0.263. The van der Waals surface area contributed by atoms with Crippen molar-refractivity contribution in [3.63, 3.8) is 0 Å². The molecule has 4 heteroatoms. The third-order valence-corrected chi connectivity index (χ3v) is 3.82. The average molecular weight is 315 g/mol. The molecular formula is C20H14FN3. The molecule has 0 aliphatic rings. The van der Waals surface area contributed by atoms with E-state index in [4.69, 9.17) is 4.98 Å². The van der Waals surface area contributed by atoms with E-state index in [2.05, 4.69) is 9.97 Å². The molecule has 2 aromatic carbocycles. The highest BCUT2D eigenvalue weighted by Gasteiger charge is 2.15. The molecule has 24 heavy (non-hydrogen) atoms. The number of halogens is 1. The molecular weight excluding hydrogens is 301 g/mol. The average Bonchev–Trinajstić information content (AvgIpc) is 3.09. The van der Waals surface area contributed by atoms with Gasteiger partial charge in [0.05, 0.1) is 11.4 Å². The van der Waals surface area contributed by atoms with Gasteiger partial charge >= 0.3 is 0 Å². The third kappa shape index (κ3) is 2.70. The zero-order valence-electron chi connectivity index (χ0n) is 12.8. The number of nitrogens with zero attached hydrogens (tertiary/aromatic N) is 2. The summed E-state index contributed by atoms with van der Waals surface area (Å²) in [5, 5.41) is 0. The van der Waals surface area contributed by atoms with Crippen LogP contribution in [0.4, 0.5) is 4.39 Å². The van der Waals surface area contributed by atoms with Gasteiger partial charge in [0.15, 0.2) is 0 Å². The van der Waals surface area contributed by atoms with E-state index in [1.54, 1.807) is 24.5 Å². The van der Waals surface area contributed by atoms with E-state index in [1.165, 1.54) is 12.1 Å².